The number of hydrogen-bond donors (Lipinski definition) is 2. The summed E-state index contributed by atoms with van der Waals surface area (Å²) in [5.41, 5.74) is 0.477. The van der Waals surface area contributed by atoms with Crippen molar-refractivity contribution in [1.82, 2.24) is 14.9 Å². The molecule has 7 heteroatoms. The van der Waals surface area contributed by atoms with E-state index in [1.54, 1.807) is 17.0 Å². The topological polar surface area (TPSA) is 85.6 Å². The first-order valence-electron chi connectivity index (χ1n) is 11.6. The van der Waals surface area contributed by atoms with Crippen LogP contribution in [0.5, 0.6) is 0 Å². The standard InChI is InChI=1S/C25H37N3O4/c1-25(2,3)32-24(30)27-21(16-19-10-6-4-7-11-19)22(29)23-26-14-15-28(23)18-31-17-20-12-8-5-9-13-20/h5,8-9,12-15,19,21-22,29H,4,6-7,10-11,16-18H2,1-3H3,(H,27,30)/t21-,22?/m0/s1. The van der Waals surface area contributed by atoms with Gasteiger partial charge in [-0.25, -0.2) is 9.78 Å². The zero-order valence-corrected chi connectivity index (χ0v) is 19.5. The van der Waals surface area contributed by atoms with Crippen molar-refractivity contribution in [2.24, 2.45) is 5.92 Å². The van der Waals surface area contributed by atoms with E-state index in [9.17, 15) is 9.90 Å². The van der Waals surface area contributed by atoms with Gasteiger partial charge in [-0.1, -0.05) is 62.4 Å². The Morgan fingerprint density at radius 2 is 1.94 bits per heavy atom. The molecule has 1 fully saturated rings. The Labute approximate surface area is 191 Å². The molecule has 1 heterocycles. The number of alkyl carbamates (subject to hydrolysis) is 1. The third kappa shape index (κ3) is 7.64. The molecule has 0 radical (unpaired) electrons. The van der Waals surface area contributed by atoms with Gasteiger partial charge in [-0.3, -0.25) is 0 Å². The van der Waals surface area contributed by atoms with E-state index in [-0.39, 0.29) is 6.73 Å². The highest BCUT2D eigenvalue weighted by Gasteiger charge is 2.31. The van der Waals surface area contributed by atoms with Crippen LogP contribution < -0.4 is 5.32 Å². The summed E-state index contributed by atoms with van der Waals surface area (Å²) < 4.78 is 13.1. The molecular formula is C25H37N3O4. The summed E-state index contributed by atoms with van der Waals surface area (Å²) >= 11 is 0. The summed E-state index contributed by atoms with van der Waals surface area (Å²) in [7, 11) is 0. The maximum atomic E-state index is 12.5. The van der Waals surface area contributed by atoms with Gasteiger partial charge in [0.05, 0.1) is 12.6 Å². The van der Waals surface area contributed by atoms with Crippen LogP contribution in [0.15, 0.2) is 42.7 Å². The molecule has 2 atom stereocenters. The molecule has 0 spiro atoms. The van der Waals surface area contributed by atoms with Crippen LogP contribution in [0.25, 0.3) is 0 Å². The van der Waals surface area contributed by atoms with Gasteiger partial charge >= 0.3 is 6.09 Å². The summed E-state index contributed by atoms with van der Waals surface area (Å²) in [4.78, 5) is 16.9. The zero-order chi connectivity index (χ0) is 23.0. The van der Waals surface area contributed by atoms with Crippen molar-refractivity contribution >= 4 is 6.09 Å². The van der Waals surface area contributed by atoms with Gasteiger partial charge in [-0.15, -0.1) is 0 Å². The summed E-state index contributed by atoms with van der Waals surface area (Å²) in [6.07, 6.45) is 8.54. The highest BCUT2D eigenvalue weighted by atomic mass is 16.6. The van der Waals surface area contributed by atoms with E-state index in [1.165, 1.54) is 19.3 Å². The van der Waals surface area contributed by atoms with E-state index in [2.05, 4.69) is 10.3 Å². The number of nitrogens with one attached hydrogen (secondary N) is 1. The molecule has 2 N–H and O–H groups in total. The Morgan fingerprint density at radius 3 is 2.62 bits per heavy atom. The van der Waals surface area contributed by atoms with Gasteiger partial charge in [0.2, 0.25) is 0 Å². The lowest BCUT2D eigenvalue weighted by Gasteiger charge is -2.31. The Bertz CT molecular complexity index is 825. The second kappa shape index (κ2) is 11.5. The summed E-state index contributed by atoms with van der Waals surface area (Å²) in [5, 5.41) is 14.1. The largest absolute Gasteiger partial charge is 0.444 e. The van der Waals surface area contributed by atoms with Gasteiger partial charge in [0.25, 0.3) is 0 Å². The van der Waals surface area contributed by atoms with Crippen LogP contribution in [-0.2, 0) is 22.8 Å². The number of aliphatic hydroxyl groups is 1. The first-order chi connectivity index (χ1) is 15.3. The van der Waals surface area contributed by atoms with E-state index in [4.69, 9.17) is 9.47 Å². The van der Waals surface area contributed by atoms with Gasteiger partial charge < -0.3 is 24.5 Å². The maximum absolute atomic E-state index is 12.5. The third-order valence-corrected chi connectivity index (χ3v) is 5.75. The minimum Gasteiger partial charge on any atom is -0.444 e. The number of hydrogen-bond acceptors (Lipinski definition) is 5. The van der Waals surface area contributed by atoms with Crippen LogP contribution in [0.4, 0.5) is 4.79 Å². The van der Waals surface area contributed by atoms with Crippen LogP contribution in [0.2, 0.25) is 0 Å². The van der Waals surface area contributed by atoms with E-state index in [1.807, 2.05) is 51.1 Å². The van der Waals surface area contributed by atoms with Crippen LogP contribution >= 0.6 is 0 Å². The molecular weight excluding hydrogens is 406 g/mol. The van der Waals surface area contributed by atoms with E-state index in [0.717, 1.165) is 18.4 Å². The normalized spacial score (nSPS) is 17.0. The van der Waals surface area contributed by atoms with Crippen molar-refractivity contribution in [3.8, 4) is 0 Å². The Balaban J connectivity index is 1.66. The summed E-state index contributed by atoms with van der Waals surface area (Å²) in [6, 6.07) is 9.46. The van der Waals surface area contributed by atoms with E-state index in [0.29, 0.717) is 24.8 Å². The van der Waals surface area contributed by atoms with Crippen molar-refractivity contribution in [3.05, 3.63) is 54.1 Å². The molecule has 1 aromatic carbocycles. The molecule has 1 aromatic heterocycles. The van der Waals surface area contributed by atoms with Crippen molar-refractivity contribution in [2.45, 2.75) is 90.4 Å². The summed E-state index contributed by atoms with van der Waals surface area (Å²) in [5.74, 6) is 0.950. The molecule has 1 amide bonds. The number of benzene rings is 1. The molecule has 2 aromatic rings. The lowest BCUT2D eigenvalue weighted by Crippen LogP contribution is -2.44. The molecule has 7 nitrogen and oxygen atoms in total. The van der Waals surface area contributed by atoms with E-state index < -0.39 is 23.8 Å². The minimum atomic E-state index is -0.959. The van der Waals surface area contributed by atoms with Gasteiger partial charge in [-0.2, -0.15) is 0 Å². The molecule has 0 aliphatic heterocycles. The highest BCUT2D eigenvalue weighted by molar-refractivity contribution is 5.68. The monoisotopic (exact) mass is 443 g/mol. The van der Waals surface area contributed by atoms with Crippen LogP contribution in [0.1, 0.15) is 76.8 Å². The zero-order valence-electron chi connectivity index (χ0n) is 19.5. The first kappa shape index (κ1) is 24.3. The summed E-state index contributed by atoms with van der Waals surface area (Å²) in [6.45, 7) is 6.22. The van der Waals surface area contributed by atoms with Crippen LogP contribution in [0.3, 0.4) is 0 Å². The third-order valence-electron chi connectivity index (χ3n) is 5.75. The number of aromatic nitrogens is 2. The molecule has 0 saturated heterocycles. The SMILES string of the molecule is CC(C)(C)OC(=O)N[C@@H](CC1CCCCC1)C(O)c1nccn1COCc1ccccc1. The lowest BCUT2D eigenvalue weighted by molar-refractivity contribution is 0.0316. The fourth-order valence-electron chi connectivity index (χ4n) is 4.22. The molecule has 32 heavy (non-hydrogen) atoms. The quantitative estimate of drug-likeness (QED) is 0.572. The average molecular weight is 444 g/mol. The van der Waals surface area contributed by atoms with Crippen molar-refractivity contribution in [3.63, 3.8) is 0 Å². The predicted molar refractivity (Wildman–Crippen MR) is 123 cm³/mol. The maximum Gasteiger partial charge on any atom is 0.407 e. The number of aliphatic hydroxyl groups excluding tert-OH is 1. The second-order valence-electron chi connectivity index (χ2n) is 9.66. The Hall–Kier alpha value is -2.38. The number of ether oxygens (including phenoxy) is 2. The van der Waals surface area contributed by atoms with Crippen molar-refractivity contribution in [1.29, 1.82) is 0 Å². The van der Waals surface area contributed by atoms with Gasteiger partial charge in [0.15, 0.2) is 0 Å². The molecule has 1 unspecified atom stereocenters. The molecule has 3 rings (SSSR count). The Kier molecular flexibility index (Phi) is 8.70. The first-order valence-corrected chi connectivity index (χ1v) is 11.6. The molecule has 1 aliphatic carbocycles. The number of imidazole rings is 1. The number of carbonyl (C=O) groups excluding carboxylic acids is 1. The Morgan fingerprint density at radius 1 is 1.22 bits per heavy atom. The van der Waals surface area contributed by atoms with Gasteiger partial charge in [0.1, 0.15) is 24.3 Å². The van der Waals surface area contributed by atoms with Gasteiger partial charge in [0, 0.05) is 12.4 Å². The second-order valence-corrected chi connectivity index (χ2v) is 9.66. The van der Waals surface area contributed by atoms with Crippen LogP contribution in [-0.4, -0.2) is 32.4 Å². The van der Waals surface area contributed by atoms with E-state index >= 15 is 0 Å². The van der Waals surface area contributed by atoms with Gasteiger partial charge in [-0.05, 0) is 38.7 Å². The minimum absolute atomic E-state index is 0.268. The molecule has 0 bridgehead atoms. The number of rotatable bonds is 9. The molecule has 1 saturated carbocycles. The van der Waals surface area contributed by atoms with Crippen LogP contribution in [0, 0.1) is 5.92 Å². The fraction of sp³-hybridized carbons (Fsp3) is 0.600. The number of carbonyl (C=O) groups is 1. The number of amides is 1. The number of nitrogens with zero attached hydrogens (tertiary/aromatic N) is 2. The van der Waals surface area contributed by atoms with Crippen molar-refractivity contribution in [2.75, 3.05) is 0 Å². The predicted octanol–water partition coefficient (Wildman–Crippen LogP) is 4.95. The fourth-order valence-corrected chi connectivity index (χ4v) is 4.22. The lowest BCUT2D eigenvalue weighted by atomic mass is 9.83. The van der Waals surface area contributed by atoms with Crippen molar-refractivity contribution < 1.29 is 19.4 Å². The highest BCUT2D eigenvalue weighted by Crippen LogP contribution is 2.31. The smallest absolute Gasteiger partial charge is 0.407 e. The average Bonchev–Trinajstić information content (AvgIpc) is 3.21. The molecule has 176 valence electrons. The molecule has 1 aliphatic rings.